The van der Waals surface area contributed by atoms with E-state index in [1.165, 1.54) is 12.8 Å². The Bertz CT molecular complexity index is 519. The van der Waals surface area contributed by atoms with E-state index in [9.17, 15) is 5.11 Å². The number of anilines is 1. The molecular formula is C14H15N3O. The first-order valence-electron chi connectivity index (χ1n) is 6.59. The topological polar surface area (TPSA) is 60.2 Å². The molecule has 1 aromatic rings. The van der Waals surface area contributed by atoms with Crippen molar-refractivity contribution in [2.45, 2.75) is 25.0 Å². The number of nitriles is 1. The summed E-state index contributed by atoms with van der Waals surface area (Å²) >= 11 is 0. The summed E-state index contributed by atoms with van der Waals surface area (Å²) < 4.78 is 0. The molecule has 1 N–H and O–H groups in total. The number of rotatable bonds is 1. The van der Waals surface area contributed by atoms with Gasteiger partial charge in [0, 0.05) is 12.7 Å². The third kappa shape index (κ3) is 1.20. The Morgan fingerprint density at radius 1 is 1.33 bits per heavy atom. The minimum Gasteiger partial charge on any atom is -0.391 e. The van der Waals surface area contributed by atoms with Crippen LogP contribution in [-0.2, 0) is 0 Å². The summed E-state index contributed by atoms with van der Waals surface area (Å²) in [5, 5.41) is 19.1. The van der Waals surface area contributed by atoms with E-state index in [0.717, 1.165) is 18.3 Å². The minimum absolute atomic E-state index is 0.189. The van der Waals surface area contributed by atoms with E-state index < -0.39 is 0 Å². The van der Waals surface area contributed by atoms with Crippen LogP contribution in [0.3, 0.4) is 0 Å². The van der Waals surface area contributed by atoms with Crippen molar-refractivity contribution in [1.82, 2.24) is 4.98 Å². The van der Waals surface area contributed by atoms with Crippen molar-refractivity contribution in [3.63, 3.8) is 0 Å². The predicted octanol–water partition coefficient (Wildman–Crippen LogP) is 1.16. The maximum atomic E-state index is 10.3. The standard InChI is InChI=1S/C14H15N3O/c15-5-8-1-2-12(16-6-8)17-7-10-3-9-4-11(10)13(17)14(9)18/h1-2,6,9-11,13-14,18H,3-4,7H2/t9-,10-,11+,13-,14-/m0/s1. The van der Waals surface area contributed by atoms with Crippen LogP contribution in [-0.4, -0.2) is 28.8 Å². The molecule has 0 radical (unpaired) electrons. The summed E-state index contributed by atoms with van der Waals surface area (Å²) in [4.78, 5) is 6.63. The van der Waals surface area contributed by atoms with Gasteiger partial charge in [0.15, 0.2) is 0 Å². The summed E-state index contributed by atoms with van der Waals surface area (Å²) in [6.45, 7) is 1.02. The van der Waals surface area contributed by atoms with Gasteiger partial charge in [0.1, 0.15) is 11.9 Å². The second-order valence-electron chi connectivity index (χ2n) is 5.81. The van der Waals surface area contributed by atoms with E-state index in [1.54, 1.807) is 12.3 Å². The highest BCUT2D eigenvalue weighted by Gasteiger charge is 2.59. The van der Waals surface area contributed by atoms with Crippen LogP contribution in [0.1, 0.15) is 18.4 Å². The van der Waals surface area contributed by atoms with Gasteiger partial charge in [-0.25, -0.2) is 4.98 Å². The quantitative estimate of drug-likeness (QED) is 0.801. The van der Waals surface area contributed by atoms with Gasteiger partial charge < -0.3 is 10.0 Å². The molecule has 1 aliphatic heterocycles. The molecule has 0 unspecified atom stereocenters. The van der Waals surface area contributed by atoms with Crippen molar-refractivity contribution < 1.29 is 5.11 Å². The summed E-state index contributed by atoms with van der Waals surface area (Å²) in [7, 11) is 0. The lowest BCUT2D eigenvalue weighted by molar-refractivity contribution is 0.0965. The Balaban J connectivity index is 1.68. The van der Waals surface area contributed by atoms with Gasteiger partial charge in [-0.15, -0.1) is 0 Å². The maximum absolute atomic E-state index is 10.3. The van der Waals surface area contributed by atoms with Crippen molar-refractivity contribution in [3.8, 4) is 6.07 Å². The summed E-state index contributed by atoms with van der Waals surface area (Å²) in [5.74, 6) is 2.81. The lowest BCUT2D eigenvalue weighted by Crippen LogP contribution is -2.41. The Morgan fingerprint density at radius 2 is 2.22 bits per heavy atom. The Hall–Kier alpha value is -1.60. The molecule has 2 heterocycles. The van der Waals surface area contributed by atoms with Gasteiger partial charge in [-0.05, 0) is 42.7 Å². The molecule has 0 aromatic carbocycles. The molecule has 3 fully saturated rings. The fourth-order valence-corrected chi connectivity index (χ4v) is 4.30. The van der Waals surface area contributed by atoms with E-state index in [1.807, 2.05) is 6.07 Å². The highest BCUT2D eigenvalue weighted by Crippen LogP contribution is 2.55. The lowest BCUT2D eigenvalue weighted by Gasteiger charge is -2.29. The Morgan fingerprint density at radius 3 is 2.89 bits per heavy atom. The highest BCUT2D eigenvalue weighted by molar-refractivity contribution is 5.46. The van der Waals surface area contributed by atoms with Crippen LogP contribution in [0.15, 0.2) is 18.3 Å². The van der Waals surface area contributed by atoms with Crippen molar-refractivity contribution >= 4 is 5.82 Å². The van der Waals surface area contributed by atoms with Crippen molar-refractivity contribution in [2.24, 2.45) is 17.8 Å². The molecule has 92 valence electrons. The minimum atomic E-state index is -0.189. The maximum Gasteiger partial charge on any atom is 0.128 e. The van der Waals surface area contributed by atoms with Gasteiger partial charge in [-0.2, -0.15) is 5.26 Å². The first kappa shape index (κ1) is 10.3. The van der Waals surface area contributed by atoms with Crippen LogP contribution >= 0.6 is 0 Å². The lowest BCUT2D eigenvalue weighted by atomic mass is 9.88. The molecule has 2 bridgehead atoms. The van der Waals surface area contributed by atoms with Crippen LogP contribution in [0.25, 0.3) is 0 Å². The van der Waals surface area contributed by atoms with Gasteiger partial charge >= 0.3 is 0 Å². The van der Waals surface area contributed by atoms with Gasteiger partial charge in [0.25, 0.3) is 0 Å². The van der Waals surface area contributed by atoms with Gasteiger partial charge in [-0.1, -0.05) is 0 Å². The van der Waals surface area contributed by atoms with Gasteiger partial charge in [-0.3, -0.25) is 0 Å². The SMILES string of the molecule is N#Cc1ccc(N2C[C@@H]3C[C@H]4C[C@H]3[C@H]2[C@H]4O)nc1. The number of hydrogen-bond donors (Lipinski definition) is 1. The second-order valence-corrected chi connectivity index (χ2v) is 5.81. The molecule has 3 aliphatic rings. The van der Waals surface area contributed by atoms with Crippen LogP contribution in [0.4, 0.5) is 5.82 Å². The van der Waals surface area contributed by atoms with E-state index in [-0.39, 0.29) is 12.1 Å². The van der Waals surface area contributed by atoms with Crippen molar-refractivity contribution in [1.29, 1.82) is 5.26 Å². The zero-order chi connectivity index (χ0) is 12.3. The fourth-order valence-electron chi connectivity index (χ4n) is 4.30. The average Bonchev–Trinajstić information content (AvgIpc) is 3.00. The van der Waals surface area contributed by atoms with Crippen LogP contribution in [0, 0.1) is 29.1 Å². The predicted molar refractivity (Wildman–Crippen MR) is 65.8 cm³/mol. The molecule has 4 nitrogen and oxygen atoms in total. The molecule has 5 atom stereocenters. The van der Waals surface area contributed by atoms with Crippen molar-refractivity contribution in [2.75, 3.05) is 11.4 Å². The summed E-state index contributed by atoms with van der Waals surface area (Å²) in [5.41, 5.74) is 0.589. The van der Waals surface area contributed by atoms with E-state index >= 15 is 0 Å². The number of pyridine rings is 1. The molecule has 0 amide bonds. The van der Waals surface area contributed by atoms with Crippen molar-refractivity contribution in [3.05, 3.63) is 23.9 Å². The smallest absolute Gasteiger partial charge is 0.128 e. The summed E-state index contributed by atoms with van der Waals surface area (Å²) in [6.07, 6.45) is 3.79. The molecule has 4 heteroatoms. The normalized spacial score (nSPS) is 40.2. The van der Waals surface area contributed by atoms with Gasteiger partial charge in [0.2, 0.25) is 0 Å². The summed E-state index contributed by atoms with van der Waals surface area (Å²) in [6, 6.07) is 6.06. The molecule has 2 saturated carbocycles. The molecule has 1 aromatic heterocycles. The zero-order valence-electron chi connectivity index (χ0n) is 10.0. The number of aliphatic hydroxyl groups excluding tert-OH is 1. The van der Waals surface area contributed by atoms with Crippen LogP contribution in [0.5, 0.6) is 0 Å². The largest absolute Gasteiger partial charge is 0.391 e. The molecule has 4 rings (SSSR count). The molecule has 1 saturated heterocycles. The first-order chi connectivity index (χ1) is 8.78. The van der Waals surface area contributed by atoms with Crippen LogP contribution < -0.4 is 4.90 Å². The highest BCUT2D eigenvalue weighted by atomic mass is 16.3. The Labute approximate surface area is 106 Å². The first-order valence-corrected chi connectivity index (χ1v) is 6.59. The van der Waals surface area contributed by atoms with E-state index in [0.29, 0.717) is 17.4 Å². The fraction of sp³-hybridized carbons (Fsp3) is 0.571. The molecule has 0 spiro atoms. The number of hydrogen-bond acceptors (Lipinski definition) is 4. The number of nitrogens with zero attached hydrogens (tertiary/aromatic N) is 3. The Kier molecular flexibility index (Phi) is 1.98. The molecular weight excluding hydrogens is 226 g/mol. The van der Waals surface area contributed by atoms with Crippen LogP contribution in [0.2, 0.25) is 0 Å². The van der Waals surface area contributed by atoms with E-state index in [2.05, 4.69) is 16.0 Å². The zero-order valence-corrected chi connectivity index (χ0v) is 10.0. The number of aromatic nitrogens is 1. The van der Waals surface area contributed by atoms with Gasteiger partial charge in [0.05, 0.1) is 17.7 Å². The number of aliphatic hydroxyl groups is 1. The third-order valence-corrected chi connectivity index (χ3v) is 5.02. The monoisotopic (exact) mass is 241 g/mol. The average molecular weight is 241 g/mol. The molecule has 18 heavy (non-hydrogen) atoms. The third-order valence-electron chi connectivity index (χ3n) is 5.02. The second kappa shape index (κ2) is 3.46. The van der Waals surface area contributed by atoms with E-state index in [4.69, 9.17) is 5.26 Å². The molecule has 2 aliphatic carbocycles. The number of fused-ring (bicyclic) bond motifs is 1.